The third-order valence-electron chi connectivity index (χ3n) is 15.3. The average molecular weight is 711 g/mol. The molecule has 0 aromatic rings. The number of carboxylic acid groups (broad SMARTS) is 2. The van der Waals surface area contributed by atoms with E-state index in [-0.39, 0.29) is 29.8 Å². The average Bonchev–Trinajstić information content (AvgIpc) is 3.65. The van der Waals surface area contributed by atoms with E-state index < -0.39 is 87.0 Å². The lowest BCUT2D eigenvalue weighted by molar-refractivity contribution is -0.192. The van der Waals surface area contributed by atoms with Crippen LogP contribution in [0.4, 0.5) is 0 Å². The predicted molar refractivity (Wildman–Crippen MR) is 173 cm³/mol. The molecule has 9 rings (SSSR count). The molecule has 1 saturated heterocycles. The first-order valence-electron chi connectivity index (χ1n) is 17.7. The Hall–Kier alpha value is -3.45. The monoisotopic (exact) mass is 710 g/mol. The quantitative estimate of drug-likeness (QED) is 0.159. The molecular weight excluding hydrogens is 664 g/mol. The molecule has 6 saturated carbocycles. The Morgan fingerprint density at radius 3 is 2.06 bits per heavy atom. The maximum atomic E-state index is 12.7. The second-order valence-electron chi connectivity index (χ2n) is 17.2. The Balaban J connectivity index is 0.000000149. The Kier molecular flexibility index (Phi) is 7.78. The highest BCUT2D eigenvalue weighted by molar-refractivity contribution is 5.86. The number of carbonyl (C=O) groups excluding carboxylic acids is 3. The van der Waals surface area contributed by atoms with E-state index in [0.717, 1.165) is 17.6 Å². The van der Waals surface area contributed by atoms with Crippen LogP contribution in [-0.2, 0) is 28.7 Å². The van der Waals surface area contributed by atoms with Gasteiger partial charge in [0.2, 0.25) is 0 Å². The van der Waals surface area contributed by atoms with Crippen LogP contribution in [0.2, 0.25) is 0 Å². The molecule has 1 aliphatic heterocycles. The van der Waals surface area contributed by atoms with Gasteiger partial charge in [0, 0.05) is 11.8 Å². The highest BCUT2D eigenvalue weighted by Crippen LogP contribution is 2.77. The number of carboxylic acids is 2. The summed E-state index contributed by atoms with van der Waals surface area (Å²) < 4.78 is 5.87. The highest BCUT2D eigenvalue weighted by atomic mass is 16.6. The maximum absolute atomic E-state index is 12.7. The van der Waals surface area contributed by atoms with Crippen molar-refractivity contribution in [3.8, 4) is 0 Å². The van der Waals surface area contributed by atoms with E-state index in [4.69, 9.17) is 14.3 Å². The van der Waals surface area contributed by atoms with Crippen LogP contribution in [0.5, 0.6) is 0 Å². The fraction of sp³-hybridized carbons (Fsp3) is 0.684. The standard InChI is InChI=1S/C19H22O6.C18H24O5.CO2/c1-9-7-17-8-18(9,24)5-3-10(17)19-6-4-11(20)16(2,15(23)25-19)13(19)12(17)14(21)22;1-8-6-17-7-18(8,23)4-3-11(17)10-5-12(19)15(20)9(2)13(10)14(17)16(21)22;2-1-3/h4,6,10-13,20,24H,1,3,5,7-8H2,2H3,(H,21,22);5,9,11-15,19-20,23H,1,3-4,6-7H2,2H3,(H,21,22);/t10-,11+,12-,13-,16-,17+,18+,19-;9-,11+,12-,13-,14-,15-,17+,18+;/m11./s1. The van der Waals surface area contributed by atoms with Gasteiger partial charge in [0.25, 0.3) is 0 Å². The van der Waals surface area contributed by atoms with Crippen LogP contribution in [0.15, 0.2) is 48.1 Å². The summed E-state index contributed by atoms with van der Waals surface area (Å²) in [5, 5.41) is 72.8. The molecule has 13 nitrogen and oxygen atoms in total. The summed E-state index contributed by atoms with van der Waals surface area (Å²) in [5.41, 5.74) is -3.03. The zero-order valence-electron chi connectivity index (χ0n) is 28.7. The van der Waals surface area contributed by atoms with Gasteiger partial charge in [0.05, 0.1) is 41.3 Å². The van der Waals surface area contributed by atoms with Gasteiger partial charge < -0.3 is 40.5 Å². The lowest BCUT2D eigenvalue weighted by atomic mass is 9.61. The molecule has 0 amide bonds. The van der Waals surface area contributed by atoms with Gasteiger partial charge in [-0.3, -0.25) is 14.4 Å². The summed E-state index contributed by atoms with van der Waals surface area (Å²) in [6.07, 6.45) is 6.46. The molecule has 0 unspecified atom stereocenters. The van der Waals surface area contributed by atoms with Crippen molar-refractivity contribution in [2.45, 2.75) is 100 Å². The predicted octanol–water partition coefficient (Wildman–Crippen LogP) is 1.54. The van der Waals surface area contributed by atoms with Crippen molar-refractivity contribution in [3.63, 3.8) is 0 Å². The summed E-state index contributed by atoms with van der Waals surface area (Å²) >= 11 is 0. The molecule has 1 heterocycles. The van der Waals surface area contributed by atoms with E-state index in [0.29, 0.717) is 50.5 Å². The minimum Gasteiger partial charge on any atom is -0.481 e. The summed E-state index contributed by atoms with van der Waals surface area (Å²) in [6, 6.07) is 0. The minimum atomic E-state index is -1.27. The zero-order valence-corrected chi connectivity index (χ0v) is 28.7. The topological polar surface area (TPSA) is 236 Å². The molecule has 8 aliphatic carbocycles. The number of hydrogen-bond donors (Lipinski definition) is 7. The number of allylic oxidation sites excluding steroid dienone is 1. The van der Waals surface area contributed by atoms with E-state index in [1.165, 1.54) is 0 Å². The van der Waals surface area contributed by atoms with Gasteiger partial charge in [0.1, 0.15) is 11.0 Å². The number of rotatable bonds is 2. The van der Waals surface area contributed by atoms with Crippen LogP contribution in [0.25, 0.3) is 0 Å². The summed E-state index contributed by atoms with van der Waals surface area (Å²) in [4.78, 5) is 53.5. The Labute approximate surface area is 294 Å². The van der Waals surface area contributed by atoms with Crippen LogP contribution in [0.3, 0.4) is 0 Å². The van der Waals surface area contributed by atoms with Gasteiger partial charge in [-0.2, -0.15) is 9.59 Å². The van der Waals surface area contributed by atoms with Gasteiger partial charge in [-0.25, -0.2) is 0 Å². The Morgan fingerprint density at radius 2 is 1.47 bits per heavy atom. The van der Waals surface area contributed by atoms with Gasteiger partial charge in [0.15, 0.2) is 0 Å². The molecule has 0 aromatic carbocycles. The van der Waals surface area contributed by atoms with Crippen molar-refractivity contribution in [1.82, 2.24) is 0 Å². The fourth-order valence-corrected chi connectivity index (χ4v) is 13.4. The fourth-order valence-electron chi connectivity index (χ4n) is 13.4. The van der Waals surface area contributed by atoms with E-state index in [2.05, 4.69) is 13.2 Å². The molecule has 2 spiro atoms. The minimum absolute atomic E-state index is 0.0534. The van der Waals surface area contributed by atoms with Crippen LogP contribution >= 0.6 is 0 Å². The molecule has 0 radical (unpaired) electrons. The lowest BCUT2D eigenvalue weighted by Gasteiger charge is -2.44. The number of aliphatic carboxylic acids is 2. The number of esters is 1. The van der Waals surface area contributed by atoms with Crippen LogP contribution < -0.4 is 0 Å². The van der Waals surface area contributed by atoms with Crippen LogP contribution in [0, 0.1) is 57.7 Å². The first kappa shape index (κ1) is 35.9. The summed E-state index contributed by atoms with van der Waals surface area (Å²) in [7, 11) is 0. The first-order valence-corrected chi connectivity index (χ1v) is 17.7. The first-order chi connectivity index (χ1) is 23.7. The van der Waals surface area contributed by atoms with Crippen molar-refractivity contribution < 1.29 is 64.5 Å². The SMILES string of the molecule is C=C1C[C@]23C[C@@]1(O)CC[C@H]2C1=C[C@@H](O)[C@H](O)[C@H](C)[C@H]1[C@@H]3C(=O)O.C=C1C[C@]23C[C@@]1(O)CC[C@H]2[C@@]12C=C[C@H](O)[C@@](C)(C(=O)O1)[C@H]2[C@@H]3C(=O)O.O=C=O. The van der Waals surface area contributed by atoms with Crippen LogP contribution in [0.1, 0.15) is 65.2 Å². The second kappa shape index (κ2) is 11.0. The van der Waals surface area contributed by atoms with Gasteiger partial charge >= 0.3 is 24.1 Å². The highest BCUT2D eigenvalue weighted by Gasteiger charge is 2.83. The number of aliphatic hydroxyl groups excluding tert-OH is 3. The van der Waals surface area contributed by atoms with Crippen molar-refractivity contribution in [2.75, 3.05) is 0 Å². The molecule has 276 valence electrons. The molecule has 13 heteroatoms. The molecule has 51 heavy (non-hydrogen) atoms. The molecule has 16 atom stereocenters. The third-order valence-corrected chi connectivity index (χ3v) is 15.3. The van der Waals surface area contributed by atoms with Crippen molar-refractivity contribution >= 4 is 24.1 Å². The lowest BCUT2D eigenvalue weighted by Crippen LogP contribution is -2.50. The normalized spacial score (nSPS) is 53.2. The van der Waals surface area contributed by atoms with Gasteiger partial charge in [-0.15, -0.1) is 0 Å². The van der Waals surface area contributed by atoms with E-state index in [1.54, 1.807) is 25.2 Å². The van der Waals surface area contributed by atoms with Crippen LogP contribution in [-0.4, -0.2) is 94.9 Å². The number of aliphatic hydroxyl groups is 5. The molecule has 6 bridgehead atoms. The number of fused-ring (bicyclic) bond motifs is 4. The third kappa shape index (κ3) is 4.24. The maximum Gasteiger partial charge on any atom is 0.373 e. The Bertz CT molecular complexity index is 1730. The van der Waals surface area contributed by atoms with Gasteiger partial charge in [-0.05, 0) is 104 Å². The molecular formula is C38H46O13. The molecule has 7 N–H and O–H groups in total. The van der Waals surface area contributed by atoms with Crippen molar-refractivity contribution in [3.05, 3.63) is 48.1 Å². The zero-order chi connectivity index (χ0) is 37.4. The molecule has 0 aromatic heterocycles. The van der Waals surface area contributed by atoms with E-state index in [1.807, 2.05) is 6.92 Å². The Morgan fingerprint density at radius 1 is 0.922 bits per heavy atom. The van der Waals surface area contributed by atoms with E-state index >= 15 is 0 Å². The summed E-state index contributed by atoms with van der Waals surface area (Å²) in [6.45, 7) is 11.5. The largest absolute Gasteiger partial charge is 0.481 e. The number of ether oxygens (including phenoxy) is 1. The van der Waals surface area contributed by atoms with E-state index in [9.17, 15) is 50.1 Å². The summed E-state index contributed by atoms with van der Waals surface area (Å²) in [5.74, 6) is -5.21. The van der Waals surface area contributed by atoms with Crippen molar-refractivity contribution in [2.24, 2.45) is 57.7 Å². The number of hydrogen-bond acceptors (Lipinski definition) is 11. The number of carbonyl (C=O) groups is 3. The molecule has 7 fully saturated rings. The smallest absolute Gasteiger partial charge is 0.373 e. The van der Waals surface area contributed by atoms with Gasteiger partial charge in [-0.1, -0.05) is 37.8 Å². The van der Waals surface area contributed by atoms with Crippen molar-refractivity contribution in [1.29, 1.82) is 0 Å². The second-order valence-corrected chi connectivity index (χ2v) is 17.2. The molecule has 9 aliphatic rings.